The van der Waals surface area contributed by atoms with Gasteiger partial charge in [-0.05, 0) is 25.4 Å². The van der Waals surface area contributed by atoms with E-state index in [1.54, 1.807) is 17.7 Å². The monoisotopic (exact) mass is 343 g/mol. The van der Waals surface area contributed by atoms with Crippen LogP contribution in [-0.2, 0) is 11.3 Å². The van der Waals surface area contributed by atoms with E-state index in [0.717, 1.165) is 0 Å². The molecule has 0 aliphatic carbocycles. The van der Waals surface area contributed by atoms with Crippen LogP contribution in [0.4, 0.5) is 0 Å². The first kappa shape index (κ1) is 16.7. The van der Waals surface area contributed by atoms with E-state index < -0.39 is 5.97 Å². The fourth-order valence-electron chi connectivity index (χ4n) is 1.86. The van der Waals surface area contributed by atoms with Crippen molar-refractivity contribution in [3.05, 3.63) is 28.5 Å². The molecular formula is C13H15Cl2N5O2. The number of hydrogen-bond acceptors (Lipinski definition) is 6. The second-order valence-corrected chi connectivity index (χ2v) is 5.38. The first-order valence-electron chi connectivity index (χ1n) is 6.60. The quantitative estimate of drug-likeness (QED) is 0.660. The van der Waals surface area contributed by atoms with Crippen LogP contribution >= 0.6 is 23.2 Å². The van der Waals surface area contributed by atoms with Crippen LogP contribution in [-0.4, -0.2) is 38.1 Å². The Labute approximate surface area is 137 Å². The minimum absolute atomic E-state index is 0.0406. The fraction of sp³-hybridized carbons (Fsp3) is 0.385. The van der Waals surface area contributed by atoms with Gasteiger partial charge < -0.3 is 15.0 Å². The van der Waals surface area contributed by atoms with Gasteiger partial charge in [0.2, 0.25) is 11.1 Å². The molecule has 0 bridgehead atoms. The number of carbonyl (C=O) groups excluding carboxylic acids is 1. The minimum atomic E-state index is -0.536. The smallest absolute Gasteiger partial charge is 0.374 e. The molecule has 1 atom stereocenters. The third-order valence-electron chi connectivity index (χ3n) is 2.68. The average Bonchev–Trinajstić information content (AvgIpc) is 2.84. The second-order valence-electron chi connectivity index (χ2n) is 4.64. The van der Waals surface area contributed by atoms with Crippen molar-refractivity contribution in [2.45, 2.75) is 26.4 Å². The summed E-state index contributed by atoms with van der Waals surface area (Å²) in [5.74, 6) is -0.398. The highest BCUT2D eigenvalue weighted by molar-refractivity contribution is 6.33. The summed E-state index contributed by atoms with van der Waals surface area (Å²) < 4.78 is 6.61. The lowest BCUT2D eigenvalue weighted by Crippen LogP contribution is -2.24. The maximum absolute atomic E-state index is 12.0. The number of hydrogen-bond donors (Lipinski definition) is 1. The molecule has 2 aromatic rings. The molecule has 0 aliphatic rings. The Kier molecular flexibility index (Phi) is 5.33. The first-order valence-corrected chi connectivity index (χ1v) is 7.36. The van der Waals surface area contributed by atoms with E-state index in [-0.39, 0.29) is 28.8 Å². The number of halogens is 2. The van der Waals surface area contributed by atoms with Gasteiger partial charge >= 0.3 is 5.97 Å². The number of esters is 1. The lowest BCUT2D eigenvalue weighted by atomic mass is 10.3. The van der Waals surface area contributed by atoms with Gasteiger partial charge in [-0.15, -0.1) is 0 Å². The fourth-order valence-corrected chi connectivity index (χ4v) is 2.18. The molecule has 0 spiro atoms. The summed E-state index contributed by atoms with van der Waals surface area (Å²) in [7, 11) is 0. The van der Waals surface area contributed by atoms with E-state index in [0.29, 0.717) is 17.9 Å². The van der Waals surface area contributed by atoms with E-state index >= 15 is 0 Å². The molecule has 2 aromatic heterocycles. The Morgan fingerprint density at radius 2 is 2.18 bits per heavy atom. The Morgan fingerprint density at radius 3 is 2.82 bits per heavy atom. The lowest BCUT2D eigenvalue weighted by Gasteiger charge is -2.09. The van der Waals surface area contributed by atoms with Crippen molar-refractivity contribution in [1.82, 2.24) is 19.5 Å². The number of rotatable bonds is 5. The molecule has 2 heterocycles. The molecule has 118 valence electrons. The Morgan fingerprint density at radius 1 is 1.45 bits per heavy atom. The van der Waals surface area contributed by atoms with Gasteiger partial charge in [0.05, 0.1) is 17.8 Å². The number of nitrogens with two attached hydrogens (primary N) is 1. The summed E-state index contributed by atoms with van der Waals surface area (Å²) in [6.45, 7) is 4.19. The van der Waals surface area contributed by atoms with Crippen LogP contribution < -0.4 is 5.73 Å². The van der Waals surface area contributed by atoms with E-state index in [9.17, 15) is 4.79 Å². The van der Waals surface area contributed by atoms with Crippen LogP contribution in [0.5, 0.6) is 0 Å². The SMILES string of the molecule is CCOC(=O)c1nc(-c2nc(Cl)ncc2Cl)cn1CC(C)N. The third-order valence-corrected chi connectivity index (χ3v) is 3.14. The zero-order valence-electron chi connectivity index (χ0n) is 12.1. The van der Waals surface area contributed by atoms with Gasteiger partial charge in [-0.3, -0.25) is 0 Å². The molecule has 0 radical (unpaired) electrons. The van der Waals surface area contributed by atoms with Crippen molar-refractivity contribution >= 4 is 29.2 Å². The number of carbonyl (C=O) groups is 1. The molecule has 9 heteroatoms. The Hall–Kier alpha value is -1.70. The van der Waals surface area contributed by atoms with Crippen LogP contribution in [0.2, 0.25) is 10.3 Å². The molecule has 0 fully saturated rings. The van der Waals surface area contributed by atoms with Gasteiger partial charge in [-0.2, -0.15) is 0 Å². The molecule has 7 nitrogen and oxygen atoms in total. The highest BCUT2D eigenvalue weighted by atomic mass is 35.5. The van der Waals surface area contributed by atoms with Crippen molar-refractivity contribution in [2.24, 2.45) is 5.73 Å². The topological polar surface area (TPSA) is 95.9 Å². The predicted molar refractivity (Wildman–Crippen MR) is 82.9 cm³/mol. The van der Waals surface area contributed by atoms with Crippen LogP contribution in [0, 0.1) is 0 Å². The summed E-state index contributed by atoms with van der Waals surface area (Å²) in [6.07, 6.45) is 3.01. The summed E-state index contributed by atoms with van der Waals surface area (Å²) in [5, 5.41) is 0.323. The molecule has 0 saturated carbocycles. The van der Waals surface area contributed by atoms with Crippen LogP contribution in [0.15, 0.2) is 12.4 Å². The molecule has 2 N–H and O–H groups in total. The molecule has 0 saturated heterocycles. The minimum Gasteiger partial charge on any atom is -0.460 e. The maximum Gasteiger partial charge on any atom is 0.374 e. The largest absolute Gasteiger partial charge is 0.460 e. The first-order chi connectivity index (χ1) is 10.4. The van der Waals surface area contributed by atoms with Gasteiger partial charge in [-0.1, -0.05) is 11.6 Å². The van der Waals surface area contributed by atoms with E-state index in [1.165, 1.54) is 6.20 Å². The van der Waals surface area contributed by atoms with E-state index in [4.69, 9.17) is 33.7 Å². The molecule has 22 heavy (non-hydrogen) atoms. The van der Waals surface area contributed by atoms with Crippen molar-refractivity contribution < 1.29 is 9.53 Å². The van der Waals surface area contributed by atoms with Crippen LogP contribution in [0.25, 0.3) is 11.4 Å². The maximum atomic E-state index is 12.0. The van der Waals surface area contributed by atoms with Crippen molar-refractivity contribution in [2.75, 3.05) is 6.61 Å². The van der Waals surface area contributed by atoms with E-state index in [2.05, 4.69) is 15.0 Å². The molecule has 1 unspecified atom stereocenters. The standard InChI is InChI=1S/C13H15Cl2N5O2/c1-3-22-12(21)11-18-9(6-20(11)5-7(2)16)10-8(14)4-17-13(15)19-10/h4,6-7H,3,5,16H2,1-2H3. The number of nitrogens with zero attached hydrogens (tertiary/aromatic N) is 4. The van der Waals surface area contributed by atoms with Crippen LogP contribution in [0.1, 0.15) is 24.5 Å². The molecule has 0 aliphatic heterocycles. The number of imidazole rings is 1. The van der Waals surface area contributed by atoms with E-state index in [1.807, 2.05) is 6.92 Å². The zero-order chi connectivity index (χ0) is 16.3. The lowest BCUT2D eigenvalue weighted by molar-refractivity contribution is 0.0506. The van der Waals surface area contributed by atoms with Gasteiger partial charge in [0.25, 0.3) is 0 Å². The summed E-state index contributed by atoms with van der Waals surface area (Å²) in [6, 6.07) is -0.167. The number of aromatic nitrogens is 4. The van der Waals surface area contributed by atoms with Crippen LogP contribution in [0.3, 0.4) is 0 Å². The van der Waals surface area contributed by atoms with Gasteiger partial charge in [0, 0.05) is 18.8 Å². The number of ether oxygens (including phenoxy) is 1. The van der Waals surface area contributed by atoms with Crippen molar-refractivity contribution in [3.63, 3.8) is 0 Å². The van der Waals surface area contributed by atoms with Crippen molar-refractivity contribution in [1.29, 1.82) is 0 Å². The Balaban J connectivity index is 2.49. The second kappa shape index (κ2) is 7.04. The average molecular weight is 344 g/mol. The Bertz CT molecular complexity index is 687. The molecule has 2 rings (SSSR count). The highest BCUT2D eigenvalue weighted by Gasteiger charge is 2.20. The summed E-state index contributed by atoms with van der Waals surface area (Å²) >= 11 is 11.8. The highest BCUT2D eigenvalue weighted by Crippen LogP contribution is 2.26. The third kappa shape index (κ3) is 3.73. The molecule has 0 aromatic carbocycles. The molecular weight excluding hydrogens is 329 g/mol. The van der Waals surface area contributed by atoms with Gasteiger partial charge in [-0.25, -0.2) is 19.7 Å². The normalized spacial score (nSPS) is 12.2. The predicted octanol–water partition coefficient (Wildman–Crippen LogP) is 2.17. The van der Waals surface area contributed by atoms with Crippen molar-refractivity contribution in [3.8, 4) is 11.4 Å². The van der Waals surface area contributed by atoms with Gasteiger partial charge in [0.1, 0.15) is 11.4 Å². The molecule has 0 amide bonds. The summed E-state index contributed by atoms with van der Waals surface area (Å²) in [5.41, 5.74) is 6.54. The summed E-state index contributed by atoms with van der Waals surface area (Å²) in [4.78, 5) is 24.1. The van der Waals surface area contributed by atoms with Gasteiger partial charge in [0.15, 0.2) is 0 Å². The zero-order valence-corrected chi connectivity index (χ0v) is 13.6.